The third kappa shape index (κ3) is 7.42. The molecule has 2 aliphatic heterocycles. The summed E-state index contributed by atoms with van der Waals surface area (Å²) in [5.41, 5.74) is -3.08. The van der Waals surface area contributed by atoms with E-state index < -0.39 is 47.2 Å². The Morgan fingerprint density at radius 2 is 1.68 bits per heavy atom. The Balaban J connectivity index is 1.55. The van der Waals surface area contributed by atoms with Crippen molar-refractivity contribution in [2.24, 2.45) is 15.4 Å². The molecule has 7 nitrogen and oxygen atoms in total. The summed E-state index contributed by atoms with van der Waals surface area (Å²) < 4.78 is 105. The van der Waals surface area contributed by atoms with Crippen LogP contribution in [0.4, 0.5) is 30.7 Å². The zero-order valence-electron chi connectivity index (χ0n) is 21.7. The van der Waals surface area contributed by atoms with Crippen molar-refractivity contribution in [3.8, 4) is 0 Å². The Morgan fingerprint density at radius 3 is 2.23 bits per heavy atom. The molecular formula is C26H28F7N5O2. The molecule has 0 bridgehead atoms. The molecule has 4 rings (SSSR count). The van der Waals surface area contributed by atoms with Crippen LogP contribution in [-0.4, -0.2) is 74.8 Å². The lowest BCUT2D eigenvalue weighted by Gasteiger charge is -2.43. The smallest absolute Gasteiger partial charge is 0.350 e. The third-order valence-electron chi connectivity index (χ3n) is 6.50. The number of morpholine rings is 1. The van der Waals surface area contributed by atoms with Crippen LogP contribution in [0.1, 0.15) is 28.3 Å². The Morgan fingerprint density at radius 1 is 1.02 bits per heavy atom. The van der Waals surface area contributed by atoms with Crippen molar-refractivity contribution in [3.63, 3.8) is 0 Å². The molecule has 2 heterocycles. The molecule has 40 heavy (non-hydrogen) atoms. The fourth-order valence-electron chi connectivity index (χ4n) is 4.86. The van der Waals surface area contributed by atoms with Crippen molar-refractivity contribution in [2.75, 3.05) is 46.9 Å². The minimum Gasteiger partial charge on any atom is -0.350 e. The Bertz CT molecular complexity index is 1170. The van der Waals surface area contributed by atoms with Crippen molar-refractivity contribution in [1.82, 2.24) is 9.80 Å². The van der Waals surface area contributed by atoms with E-state index in [2.05, 4.69) is 15.4 Å². The first-order chi connectivity index (χ1) is 18.8. The van der Waals surface area contributed by atoms with E-state index in [4.69, 9.17) is 9.47 Å². The van der Waals surface area contributed by atoms with Gasteiger partial charge in [-0.25, -0.2) is 4.39 Å². The lowest BCUT2D eigenvalue weighted by atomic mass is 9.96. The van der Waals surface area contributed by atoms with Gasteiger partial charge in [0.15, 0.2) is 6.29 Å². The largest absolute Gasteiger partial charge is 0.416 e. The molecule has 0 radical (unpaired) electrons. The highest BCUT2D eigenvalue weighted by molar-refractivity contribution is 5.72. The first kappa shape index (κ1) is 30.0. The third-order valence-corrected chi connectivity index (χ3v) is 6.50. The molecule has 2 aromatic rings. The van der Waals surface area contributed by atoms with Gasteiger partial charge in [-0.15, -0.1) is 5.10 Å². The normalized spacial score (nSPS) is 23.9. The number of ether oxygens (including phenoxy) is 2. The molecule has 3 unspecified atom stereocenters. The first-order valence-corrected chi connectivity index (χ1v) is 12.4. The van der Waals surface area contributed by atoms with Crippen LogP contribution in [0.25, 0.3) is 0 Å². The van der Waals surface area contributed by atoms with Crippen LogP contribution in [0, 0.1) is 5.82 Å². The molecule has 0 amide bonds. The number of alkyl halides is 6. The van der Waals surface area contributed by atoms with E-state index in [-0.39, 0.29) is 31.3 Å². The van der Waals surface area contributed by atoms with Crippen molar-refractivity contribution < 1.29 is 40.2 Å². The zero-order chi connectivity index (χ0) is 29.1. The second-order valence-electron chi connectivity index (χ2n) is 10.0. The second-order valence-corrected chi connectivity index (χ2v) is 10.0. The maximum Gasteiger partial charge on any atom is 0.416 e. The van der Waals surface area contributed by atoms with E-state index in [0.717, 1.165) is 0 Å². The highest BCUT2D eigenvalue weighted by atomic mass is 19.4. The lowest BCUT2D eigenvalue weighted by molar-refractivity contribution is -0.211. The van der Waals surface area contributed by atoms with Crippen molar-refractivity contribution in [3.05, 3.63) is 70.5 Å². The minimum absolute atomic E-state index is 0.0876. The Kier molecular flexibility index (Phi) is 8.93. The number of rotatable bonds is 9. The van der Waals surface area contributed by atoms with Crippen molar-refractivity contribution >= 4 is 6.21 Å². The van der Waals surface area contributed by atoms with E-state index in [9.17, 15) is 30.7 Å². The Labute approximate surface area is 226 Å². The highest BCUT2D eigenvalue weighted by Crippen LogP contribution is 2.37. The van der Waals surface area contributed by atoms with Gasteiger partial charge in [0.2, 0.25) is 0 Å². The van der Waals surface area contributed by atoms with Gasteiger partial charge >= 0.3 is 12.4 Å². The summed E-state index contributed by atoms with van der Waals surface area (Å²) in [6.45, 7) is 1.31. The molecule has 0 aliphatic carbocycles. The monoisotopic (exact) mass is 575 g/mol. The van der Waals surface area contributed by atoms with Gasteiger partial charge in [-0.1, -0.05) is 12.1 Å². The molecule has 0 saturated carbocycles. The molecule has 0 aromatic heterocycles. The van der Waals surface area contributed by atoms with Gasteiger partial charge in [0.05, 0.1) is 36.6 Å². The van der Waals surface area contributed by atoms with Crippen LogP contribution in [0.5, 0.6) is 0 Å². The van der Waals surface area contributed by atoms with E-state index in [1.165, 1.54) is 12.1 Å². The average Bonchev–Trinajstić information content (AvgIpc) is 3.31. The molecular weight excluding hydrogens is 547 g/mol. The van der Waals surface area contributed by atoms with E-state index in [1.54, 1.807) is 18.3 Å². The number of halogens is 7. The molecule has 3 atom stereocenters. The van der Waals surface area contributed by atoms with E-state index >= 15 is 0 Å². The van der Waals surface area contributed by atoms with Crippen molar-refractivity contribution in [2.45, 2.75) is 36.6 Å². The van der Waals surface area contributed by atoms with Gasteiger partial charge in [0, 0.05) is 19.6 Å². The fraction of sp³-hybridized carbons (Fsp3) is 0.500. The van der Waals surface area contributed by atoms with Gasteiger partial charge < -0.3 is 14.4 Å². The van der Waals surface area contributed by atoms with Crippen LogP contribution in [0.2, 0.25) is 0 Å². The number of benzene rings is 2. The summed E-state index contributed by atoms with van der Waals surface area (Å²) in [5, 5.41) is 12.0. The number of likely N-dealkylation sites (N-methyl/N-ethyl adjacent to an activating group) is 1. The van der Waals surface area contributed by atoms with Crippen LogP contribution in [0.15, 0.2) is 57.9 Å². The summed E-state index contributed by atoms with van der Waals surface area (Å²) in [5.74, 6) is -0.449. The minimum atomic E-state index is -4.94. The molecule has 14 heteroatoms. The predicted octanol–water partition coefficient (Wildman–Crippen LogP) is 5.57. The summed E-state index contributed by atoms with van der Waals surface area (Å²) in [4.78, 5) is 3.95. The summed E-state index contributed by atoms with van der Waals surface area (Å²) in [6, 6.07) is 6.58. The molecule has 2 aliphatic rings. The second kappa shape index (κ2) is 11.9. The fourth-order valence-corrected chi connectivity index (χ4v) is 4.86. The predicted molar refractivity (Wildman–Crippen MR) is 131 cm³/mol. The Hall–Kier alpha value is -2.94. The van der Waals surface area contributed by atoms with Crippen LogP contribution < -0.4 is 0 Å². The topological polar surface area (TPSA) is 62.0 Å². The number of nitrogens with zero attached hydrogens (tertiary/aromatic N) is 5. The average molecular weight is 576 g/mol. The number of hydrogen-bond acceptors (Lipinski definition) is 7. The van der Waals surface area contributed by atoms with Gasteiger partial charge in [-0.2, -0.15) is 31.5 Å². The summed E-state index contributed by atoms with van der Waals surface area (Å²) in [6.07, 6.45) is -9.42. The molecule has 2 aromatic carbocycles. The van der Waals surface area contributed by atoms with Crippen LogP contribution in [-0.2, 0) is 28.2 Å². The van der Waals surface area contributed by atoms with E-state index in [0.29, 0.717) is 37.3 Å². The standard InChI is InChI=1S/C26H28F7N5O2/c1-37(2)15-24(14-34-36-35-24)16-38-8-10-40-23(22(38)18-3-5-21(27)6-4-18)39-9-7-17-11-19(25(28,29)30)13-20(12-17)26(31,32)33/h3-6,11-14,22-23H,7-10,15-16H2,1-2H3. The molecule has 0 N–H and O–H groups in total. The summed E-state index contributed by atoms with van der Waals surface area (Å²) >= 11 is 0. The van der Waals surface area contributed by atoms with Crippen molar-refractivity contribution in [1.29, 1.82) is 0 Å². The van der Waals surface area contributed by atoms with E-state index in [1.807, 2.05) is 23.9 Å². The molecule has 1 fully saturated rings. The van der Waals surface area contributed by atoms with Gasteiger partial charge in [-0.3, -0.25) is 4.90 Å². The maximum absolute atomic E-state index is 13.7. The van der Waals surface area contributed by atoms with Gasteiger partial charge in [-0.05, 0) is 67.2 Å². The molecule has 1 saturated heterocycles. The molecule has 0 spiro atoms. The first-order valence-electron chi connectivity index (χ1n) is 12.4. The quantitative estimate of drug-likeness (QED) is 0.367. The number of hydrogen-bond donors (Lipinski definition) is 0. The van der Waals surface area contributed by atoms with Crippen LogP contribution >= 0.6 is 0 Å². The summed E-state index contributed by atoms with van der Waals surface area (Å²) in [7, 11) is 3.76. The highest BCUT2D eigenvalue weighted by Gasteiger charge is 2.42. The van der Waals surface area contributed by atoms with Gasteiger partial charge in [0.25, 0.3) is 0 Å². The lowest BCUT2D eigenvalue weighted by Crippen LogP contribution is -2.54. The zero-order valence-corrected chi connectivity index (χ0v) is 21.7. The molecule has 218 valence electrons. The van der Waals surface area contributed by atoms with Gasteiger partial charge in [0.1, 0.15) is 11.4 Å². The van der Waals surface area contributed by atoms with Crippen LogP contribution in [0.3, 0.4) is 0 Å². The maximum atomic E-state index is 13.7. The SMILES string of the molecule is CN(C)CC1(CN2CCOC(OCCc3cc(C(F)(F)F)cc(C(F)(F)F)c3)C2c2ccc(F)cc2)C=NN=N1.